The van der Waals surface area contributed by atoms with Crippen molar-refractivity contribution in [3.8, 4) is 0 Å². The Balaban J connectivity index is 0.000000179. The monoisotopic (exact) mass is 482 g/mol. The minimum atomic E-state index is 0.319. The Morgan fingerprint density at radius 2 is 1.40 bits per heavy atom. The molecule has 0 saturated carbocycles. The van der Waals surface area contributed by atoms with Crippen LogP contribution < -0.4 is 5.32 Å². The first-order valence-corrected chi connectivity index (χ1v) is 14.2. The smallest absolute Gasteiger partial charge is 0.222 e. The van der Waals surface area contributed by atoms with Gasteiger partial charge >= 0.3 is 0 Å². The van der Waals surface area contributed by atoms with Gasteiger partial charge in [-0.2, -0.15) is 0 Å². The first-order valence-electron chi connectivity index (χ1n) is 14.2. The molecule has 4 saturated heterocycles. The molecule has 0 aromatic heterocycles. The number of benzene rings is 1. The van der Waals surface area contributed by atoms with Crippen LogP contribution in [0.3, 0.4) is 0 Å². The van der Waals surface area contributed by atoms with E-state index in [9.17, 15) is 9.59 Å². The molecule has 5 rings (SSSR count). The summed E-state index contributed by atoms with van der Waals surface area (Å²) in [6.45, 7) is 8.72. The van der Waals surface area contributed by atoms with Crippen LogP contribution in [0.1, 0.15) is 83.6 Å². The molecule has 4 bridgehead atoms. The average molecular weight is 483 g/mol. The van der Waals surface area contributed by atoms with Crippen molar-refractivity contribution in [2.45, 2.75) is 109 Å². The van der Waals surface area contributed by atoms with Gasteiger partial charge in [0, 0.05) is 69.7 Å². The fourth-order valence-electron chi connectivity index (χ4n) is 6.48. The van der Waals surface area contributed by atoms with Crippen LogP contribution in [0, 0.1) is 0 Å². The molecule has 1 N–H and O–H groups in total. The SMILES string of the molecule is CCC(=O)N1CCC2CCCC(C1)N2.CCC(=O)N1CCC2CCCC(C1)N2Cc1ccccc1. The number of carbonyl (C=O) groups is 2. The molecule has 4 fully saturated rings. The predicted octanol–water partition coefficient (Wildman–Crippen LogP) is 4.19. The summed E-state index contributed by atoms with van der Waals surface area (Å²) in [5.41, 5.74) is 1.39. The van der Waals surface area contributed by atoms with Crippen LogP contribution in [0.4, 0.5) is 0 Å². The van der Waals surface area contributed by atoms with Gasteiger partial charge in [-0.1, -0.05) is 57.0 Å². The second kappa shape index (κ2) is 12.9. The van der Waals surface area contributed by atoms with Crippen LogP contribution in [0.5, 0.6) is 0 Å². The summed E-state index contributed by atoms with van der Waals surface area (Å²) in [6, 6.07) is 13.2. The zero-order chi connectivity index (χ0) is 24.6. The maximum Gasteiger partial charge on any atom is 0.222 e. The number of hydrogen-bond donors (Lipinski definition) is 1. The van der Waals surface area contributed by atoms with Gasteiger partial charge in [0.15, 0.2) is 0 Å². The molecule has 4 aliphatic heterocycles. The number of carbonyl (C=O) groups excluding carboxylic acids is 2. The van der Waals surface area contributed by atoms with E-state index < -0.39 is 0 Å². The van der Waals surface area contributed by atoms with Crippen molar-refractivity contribution in [3.05, 3.63) is 35.9 Å². The second-order valence-electron chi connectivity index (χ2n) is 10.9. The Morgan fingerprint density at radius 1 is 0.771 bits per heavy atom. The fourth-order valence-corrected chi connectivity index (χ4v) is 6.48. The van der Waals surface area contributed by atoms with E-state index in [1.165, 1.54) is 44.1 Å². The first-order chi connectivity index (χ1) is 17.1. The van der Waals surface area contributed by atoms with Gasteiger partial charge in [0.05, 0.1) is 0 Å². The highest BCUT2D eigenvalue weighted by molar-refractivity contribution is 5.76. The number of hydrogen-bond acceptors (Lipinski definition) is 4. The summed E-state index contributed by atoms with van der Waals surface area (Å²) < 4.78 is 0. The molecule has 4 atom stereocenters. The first kappa shape index (κ1) is 26.2. The van der Waals surface area contributed by atoms with E-state index in [1.807, 2.05) is 18.7 Å². The highest BCUT2D eigenvalue weighted by Gasteiger charge is 2.35. The third-order valence-electron chi connectivity index (χ3n) is 8.46. The van der Waals surface area contributed by atoms with Gasteiger partial charge in [0.1, 0.15) is 0 Å². The highest BCUT2D eigenvalue weighted by Crippen LogP contribution is 2.30. The summed E-state index contributed by atoms with van der Waals surface area (Å²) >= 11 is 0. The summed E-state index contributed by atoms with van der Waals surface area (Å²) in [5, 5.41) is 3.63. The molecule has 6 nitrogen and oxygen atoms in total. The zero-order valence-electron chi connectivity index (χ0n) is 22.0. The van der Waals surface area contributed by atoms with E-state index >= 15 is 0 Å². The van der Waals surface area contributed by atoms with Gasteiger partial charge in [-0.15, -0.1) is 0 Å². The minimum absolute atomic E-state index is 0.319. The molecule has 4 aliphatic rings. The van der Waals surface area contributed by atoms with Crippen LogP contribution in [0.25, 0.3) is 0 Å². The van der Waals surface area contributed by atoms with Crippen molar-refractivity contribution in [1.29, 1.82) is 0 Å². The predicted molar refractivity (Wildman–Crippen MR) is 141 cm³/mol. The van der Waals surface area contributed by atoms with Crippen LogP contribution in [-0.2, 0) is 16.1 Å². The molecule has 6 heteroatoms. The van der Waals surface area contributed by atoms with Crippen molar-refractivity contribution < 1.29 is 9.59 Å². The lowest BCUT2D eigenvalue weighted by atomic mass is 9.94. The van der Waals surface area contributed by atoms with Crippen molar-refractivity contribution in [2.24, 2.45) is 0 Å². The van der Waals surface area contributed by atoms with Gasteiger partial charge in [-0.25, -0.2) is 0 Å². The molecular formula is C29H46N4O2. The van der Waals surface area contributed by atoms with E-state index in [2.05, 4.69) is 45.4 Å². The lowest BCUT2D eigenvalue weighted by molar-refractivity contribution is -0.131. The van der Waals surface area contributed by atoms with Gasteiger partial charge in [-0.3, -0.25) is 14.5 Å². The number of nitrogens with one attached hydrogen (secondary N) is 1. The topological polar surface area (TPSA) is 55.9 Å². The van der Waals surface area contributed by atoms with Gasteiger partial charge < -0.3 is 15.1 Å². The fraction of sp³-hybridized carbons (Fsp3) is 0.724. The second-order valence-corrected chi connectivity index (χ2v) is 10.9. The maximum absolute atomic E-state index is 12.1. The molecular weight excluding hydrogens is 436 g/mol. The van der Waals surface area contributed by atoms with Gasteiger partial charge in [-0.05, 0) is 44.1 Å². The molecule has 4 unspecified atom stereocenters. The third kappa shape index (κ3) is 7.07. The molecule has 1 aromatic rings. The van der Waals surface area contributed by atoms with Crippen LogP contribution in [0.15, 0.2) is 30.3 Å². The average Bonchev–Trinajstić information content (AvgIpc) is 3.09. The Labute approximate surface area is 212 Å². The van der Waals surface area contributed by atoms with Crippen molar-refractivity contribution in [3.63, 3.8) is 0 Å². The number of nitrogens with zero attached hydrogens (tertiary/aromatic N) is 3. The highest BCUT2D eigenvalue weighted by atomic mass is 16.2. The third-order valence-corrected chi connectivity index (χ3v) is 8.46. The van der Waals surface area contributed by atoms with E-state index in [4.69, 9.17) is 0 Å². The molecule has 2 amide bonds. The minimum Gasteiger partial charge on any atom is -0.341 e. The summed E-state index contributed by atoms with van der Waals surface area (Å²) in [6.07, 6.45) is 11.3. The van der Waals surface area contributed by atoms with Crippen LogP contribution in [0.2, 0.25) is 0 Å². The van der Waals surface area contributed by atoms with E-state index in [-0.39, 0.29) is 0 Å². The summed E-state index contributed by atoms with van der Waals surface area (Å²) in [5.74, 6) is 0.640. The Hall–Kier alpha value is -1.92. The summed E-state index contributed by atoms with van der Waals surface area (Å²) in [7, 11) is 0. The quantitative estimate of drug-likeness (QED) is 0.699. The number of rotatable bonds is 4. The number of piperidine rings is 2. The van der Waals surface area contributed by atoms with Crippen molar-refractivity contribution in [2.75, 3.05) is 26.2 Å². The van der Waals surface area contributed by atoms with Gasteiger partial charge in [0.25, 0.3) is 0 Å². The number of fused-ring (bicyclic) bond motifs is 4. The number of amides is 2. The van der Waals surface area contributed by atoms with E-state index in [0.29, 0.717) is 48.8 Å². The summed E-state index contributed by atoms with van der Waals surface area (Å²) in [4.78, 5) is 30.5. The standard InChI is InChI=1S/C18H26N2O.C11H20N2O/c1-2-18(21)19-12-11-16-9-6-10-17(14-19)20(16)13-15-7-4-3-5-8-15;1-2-11(14)13-7-6-9-4-3-5-10(8-13)12-9/h3-5,7-8,16-17H,2,6,9-14H2,1H3;9-10,12H,2-8H2,1H3. The van der Waals surface area contributed by atoms with Gasteiger partial charge in [0.2, 0.25) is 11.8 Å². The van der Waals surface area contributed by atoms with E-state index in [0.717, 1.165) is 45.6 Å². The lowest BCUT2D eigenvalue weighted by Gasteiger charge is -2.40. The normalized spacial score (nSPS) is 28.9. The van der Waals surface area contributed by atoms with Crippen molar-refractivity contribution >= 4 is 11.8 Å². The molecule has 0 spiro atoms. The zero-order valence-corrected chi connectivity index (χ0v) is 22.0. The Bertz CT molecular complexity index is 816. The molecule has 0 aliphatic carbocycles. The lowest BCUT2D eigenvalue weighted by Crippen LogP contribution is -2.48. The van der Waals surface area contributed by atoms with Crippen molar-refractivity contribution in [1.82, 2.24) is 20.0 Å². The Kier molecular flexibility index (Phi) is 9.61. The molecule has 1 aromatic carbocycles. The largest absolute Gasteiger partial charge is 0.341 e. The van der Waals surface area contributed by atoms with Crippen LogP contribution in [-0.4, -0.2) is 76.9 Å². The molecule has 0 radical (unpaired) electrons. The van der Waals surface area contributed by atoms with E-state index in [1.54, 1.807) is 0 Å². The Morgan fingerprint density at radius 3 is 2.14 bits per heavy atom. The molecule has 4 heterocycles. The van der Waals surface area contributed by atoms with Crippen LogP contribution >= 0.6 is 0 Å². The molecule has 194 valence electrons. The molecule has 35 heavy (non-hydrogen) atoms. The maximum atomic E-state index is 12.1.